The first-order valence-corrected chi connectivity index (χ1v) is 27.9. The first-order chi connectivity index (χ1) is 34.6. The highest BCUT2D eigenvalue weighted by Crippen LogP contribution is 2.26. The van der Waals surface area contributed by atoms with Gasteiger partial charge in [-0.3, -0.25) is 14.4 Å². The van der Waals surface area contributed by atoms with E-state index < -0.39 is 67.3 Å². The summed E-state index contributed by atoms with van der Waals surface area (Å²) in [6, 6.07) is 0. The smallest absolute Gasteiger partial charge is 0.335 e. The molecule has 71 heavy (non-hydrogen) atoms. The maximum absolute atomic E-state index is 13.1. The van der Waals surface area contributed by atoms with E-state index in [0.717, 1.165) is 109 Å². The van der Waals surface area contributed by atoms with Crippen LogP contribution in [-0.2, 0) is 42.9 Å². The van der Waals surface area contributed by atoms with Gasteiger partial charge >= 0.3 is 23.9 Å². The third kappa shape index (κ3) is 37.6. The minimum atomic E-state index is -1.91. The first-order valence-electron chi connectivity index (χ1n) is 27.9. The molecule has 1 heterocycles. The molecule has 0 aliphatic carbocycles. The number of carbonyl (C=O) groups excluding carboxylic acids is 3. The molecule has 1 fully saturated rings. The first kappa shape index (κ1) is 65.2. The van der Waals surface area contributed by atoms with E-state index in [4.69, 9.17) is 23.7 Å². The Morgan fingerprint density at radius 1 is 0.479 bits per heavy atom. The van der Waals surface area contributed by atoms with Crippen molar-refractivity contribution in [1.29, 1.82) is 0 Å². The topological polar surface area (TPSA) is 175 Å². The van der Waals surface area contributed by atoms with Crippen LogP contribution in [0.3, 0.4) is 0 Å². The molecule has 0 aromatic heterocycles. The van der Waals surface area contributed by atoms with Gasteiger partial charge in [0.2, 0.25) is 0 Å². The monoisotopic (exact) mass is 999 g/mol. The summed E-state index contributed by atoms with van der Waals surface area (Å²) in [5, 5.41) is 31.4. The van der Waals surface area contributed by atoms with Crippen molar-refractivity contribution in [2.45, 2.75) is 263 Å². The van der Waals surface area contributed by atoms with Crippen molar-refractivity contribution < 1.29 is 58.2 Å². The summed E-state index contributed by atoms with van der Waals surface area (Å²) in [6.45, 7) is 5.72. The summed E-state index contributed by atoms with van der Waals surface area (Å²) in [5.41, 5.74) is 0. The van der Waals surface area contributed by atoms with Crippen LogP contribution in [0.5, 0.6) is 0 Å². The van der Waals surface area contributed by atoms with Crippen LogP contribution >= 0.6 is 0 Å². The molecule has 1 rings (SSSR count). The third-order valence-corrected chi connectivity index (χ3v) is 12.3. The van der Waals surface area contributed by atoms with E-state index in [1.807, 2.05) is 0 Å². The number of ether oxygens (including phenoxy) is 5. The zero-order chi connectivity index (χ0) is 51.8. The van der Waals surface area contributed by atoms with Crippen molar-refractivity contribution >= 4 is 23.9 Å². The Labute approximate surface area is 429 Å². The lowest BCUT2D eigenvalue weighted by molar-refractivity contribution is -0.301. The summed E-state index contributed by atoms with van der Waals surface area (Å²) in [5.74, 6) is -3.18. The molecule has 12 nitrogen and oxygen atoms in total. The minimum Gasteiger partial charge on any atom is -0.479 e. The molecular weight excluding hydrogens is 901 g/mol. The molecule has 1 saturated heterocycles. The number of rotatable bonds is 46. The molecule has 0 bridgehead atoms. The van der Waals surface area contributed by atoms with Crippen LogP contribution in [0.4, 0.5) is 0 Å². The van der Waals surface area contributed by atoms with Crippen LogP contribution in [-0.4, -0.2) is 89.2 Å². The molecule has 0 amide bonds. The molecule has 0 spiro atoms. The molecule has 0 saturated carbocycles. The number of unbranched alkanes of at least 4 members (excludes halogenated alkanes) is 20. The molecule has 3 N–H and O–H groups in total. The van der Waals surface area contributed by atoms with E-state index >= 15 is 0 Å². The molecule has 406 valence electrons. The highest BCUT2D eigenvalue weighted by atomic mass is 16.7. The van der Waals surface area contributed by atoms with Crippen LogP contribution < -0.4 is 0 Å². The maximum Gasteiger partial charge on any atom is 0.335 e. The molecule has 1 aliphatic rings. The van der Waals surface area contributed by atoms with Gasteiger partial charge in [-0.15, -0.1) is 0 Å². The number of allylic oxidation sites excluding steroid dienone is 12. The molecular formula is C59H98O12. The number of carbonyl (C=O) groups is 4. The lowest BCUT2D eigenvalue weighted by Crippen LogP contribution is -2.61. The number of aliphatic carboxylic acids is 1. The fourth-order valence-electron chi connectivity index (χ4n) is 8.04. The molecule has 6 atom stereocenters. The van der Waals surface area contributed by atoms with Gasteiger partial charge in [0.15, 0.2) is 24.6 Å². The van der Waals surface area contributed by atoms with Crippen molar-refractivity contribution in [2.24, 2.45) is 0 Å². The molecule has 6 unspecified atom stereocenters. The Morgan fingerprint density at radius 2 is 0.887 bits per heavy atom. The number of hydrogen-bond donors (Lipinski definition) is 3. The summed E-state index contributed by atoms with van der Waals surface area (Å²) >= 11 is 0. The summed E-state index contributed by atoms with van der Waals surface area (Å²) in [7, 11) is 0. The molecule has 1 aliphatic heterocycles. The molecule has 0 aromatic rings. The molecule has 0 radical (unpaired) electrons. The van der Waals surface area contributed by atoms with E-state index in [-0.39, 0.29) is 25.9 Å². The van der Waals surface area contributed by atoms with Crippen molar-refractivity contribution in [3.63, 3.8) is 0 Å². The van der Waals surface area contributed by atoms with Gasteiger partial charge in [-0.2, -0.15) is 0 Å². The number of aliphatic hydroxyl groups is 2. The van der Waals surface area contributed by atoms with Crippen LogP contribution in [0.25, 0.3) is 0 Å². The van der Waals surface area contributed by atoms with Gasteiger partial charge in [-0.25, -0.2) is 4.79 Å². The highest BCUT2D eigenvalue weighted by Gasteiger charge is 2.50. The lowest BCUT2D eigenvalue weighted by atomic mass is 9.98. The second-order valence-electron chi connectivity index (χ2n) is 18.8. The number of hydrogen-bond acceptors (Lipinski definition) is 11. The Balaban J connectivity index is 2.74. The highest BCUT2D eigenvalue weighted by molar-refractivity contribution is 5.74. The van der Waals surface area contributed by atoms with Gasteiger partial charge in [-0.05, 0) is 83.5 Å². The minimum absolute atomic E-state index is 0.0369. The molecule has 0 aromatic carbocycles. The normalized spacial score (nSPS) is 19.0. The van der Waals surface area contributed by atoms with Crippen molar-refractivity contribution in [1.82, 2.24) is 0 Å². The Bertz CT molecular complexity index is 1510. The number of carboxylic acid groups (broad SMARTS) is 1. The zero-order valence-corrected chi connectivity index (χ0v) is 44.4. The maximum atomic E-state index is 13.1. The Morgan fingerprint density at radius 3 is 1.37 bits per heavy atom. The van der Waals surface area contributed by atoms with Crippen LogP contribution in [0.2, 0.25) is 0 Å². The SMILES string of the molecule is CC/C=C\C/C=C\C/C=C\CCCCCCCC(=O)OC1C(OCC(COC(=O)CCCCC/C=C\C/C=C\C/C=C\CC)OC(=O)CCCCCCCCCCCCCCC)OC(C(=O)O)C(O)C1O. The predicted octanol–water partition coefficient (Wildman–Crippen LogP) is 13.8. The van der Waals surface area contributed by atoms with Gasteiger partial charge in [0.05, 0.1) is 6.61 Å². The average molecular weight is 999 g/mol. The predicted molar refractivity (Wildman–Crippen MR) is 285 cm³/mol. The fraction of sp³-hybridized carbons (Fsp3) is 0.729. The fourth-order valence-corrected chi connectivity index (χ4v) is 8.04. The number of esters is 3. The Hall–Kier alpha value is -3.84. The van der Waals surface area contributed by atoms with Gasteiger partial charge in [-0.1, -0.05) is 196 Å². The van der Waals surface area contributed by atoms with Crippen LogP contribution in [0.15, 0.2) is 72.9 Å². The van der Waals surface area contributed by atoms with E-state index in [0.29, 0.717) is 19.3 Å². The van der Waals surface area contributed by atoms with Gasteiger partial charge in [0, 0.05) is 19.3 Å². The number of carboxylic acids is 1. The van der Waals surface area contributed by atoms with E-state index in [9.17, 15) is 34.5 Å². The van der Waals surface area contributed by atoms with Crippen LogP contribution in [0, 0.1) is 0 Å². The standard InChI is InChI=1S/C59H98O12/c1-4-7-10-13-16-19-22-25-26-29-32-35-38-41-44-47-53(62)70-57-55(64)54(63)56(58(65)66)71-59(57)68-49-50(69-52(61)46-43-40-37-34-31-28-24-21-18-15-12-9-6-3)48-67-51(60)45-42-39-36-33-30-27-23-20-17-14-11-8-5-2/h7-8,10-11,16-17,19-20,25-27,30,50,54-57,59,63-64H,4-6,9,12-15,18,21-24,28-29,31-49H2,1-3H3,(H,65,66)/b10-7-,11-8-,19-16-,20-17-,26-25-,30-27-. The van der Waals surface area contributed by atoms with Gasteiger partial charge in [0.25, 0.3) is 0 Å². The van der Waals surface area contributed by atoms with E-state index in [2.05, 4.69) is 93.7 Å². The Kier molecular flexibility index (Phi) is 43.3. The van der Waals surface area contributed by atoms with E-state index in [1.165, 1.54) is 57.8 Å². The number of aliphatic hydroxyl groups excluding tert-OH is 2. The second-order valence-corrected chi connectivity index (χ2v) is 18.8. The average Bonchev–Trinajstić information content (AvgIpc) is 3.35. The zero-order valence-electron chi connectivity index (χ0n) is 44.4. The largest absolute Gasteiger partial charge is 0.479 e. The van der Waals surface area contributed by atoms with Crippen molar-refractivity contribution in [3.8, 4) is 0 Å². The van der Waals surface area contributed by atoms with Gasteiger partial charge in [0.1, 0.15) is 18.8 Å². The van der Waals surface area contributed by atoms with E-state index in [1.54, 1.807) is 0 Å². The third-order valence-electron chi connectivity index (χ3n) is 12.3. The van der Waals surface area contributed by atoms with Crippen molar-refractivity contribution in [2.75, 3.05) is 13.2 Å². The lowest BCUT2D eigenvalue weighted by Gasteiger charge is -2.40. The summed E-state index contributed by atoms with van der Waals surface area (Å²) in [4.78, 5) is 51.0. The summed E-state index contributed by atoms with van der Waals surface area (Å²) < 4.78 is 28.3. The molecule has 12 heteroatoms. The van der Waals surface area contributed by atoms with Crippen LogP contribution in [0.1, 0.15) is 226 Å². The second kappa shape index (κ2) is 47.2. The quantitative estimate of drug-likeness (QED) is 0.0228. The summed E-state index contributed by atoms with van der Waals surface area (Å²) in [6.07, 6.45) is 45.9. The van der Waals surface area contributed by atoms with Gasteiger partial charge < -0.3 is 39.0 Å². The van der Waals surface area contributed by atoms with Crippen molar-refractivity contribution in [3.05, 3.63) is 72.9 Å².